The molecule has 0 atom stereocenters. The Kier molecular flexibility index (Phi) is 4.42. The van der Waals surface area contributed by atoms with Gasteiger partial charge in [-0.3, -0.25) is 9.20 Å². The molecule has 0 aliphatic heterocycles. The lowest BCUT2D eigenvalue weighted by molar-refractivity contribution is 0.874. The first-order valence-corrected chi connectivity index (χ1v) is 11.9. The predicted molar refractivity (Wildman–Crippen MR) is 146 cm³/mol. The minimum atomic E-state index is -0.358. The van der Waals surface area contributed by atoms with Crippen molar-refractivity contribution in [1.82, 2.24) is 8.97 Å². The van der Waals surface area contributed by atoms with E-state index < -0.39 is 0 Å². The molecule has 0 N–H and O–H groups in total. The zero-order valence-electron chi connectivity index (χ0n) is 19.3. The SMILES string of the molecule is O=c1c2cccc3c4cc(-c5cccc(-c6ccccc6)c5)ccc4n(c(=O)n1-c1ccccc1)c23. The Hall–Kier alpha value is -4.96. The fraction of sp³-hybridized carbons (Fsp3) is 0. The van der Waals surface area contributed by atoms with Crippen LogP contribution in [0.15, 0.2) is 131 Å². The number of rotatable bonds is 3. The summed E-state index contributed by atoms with van der Waals surface area (Å²) in [6.45, 7) is 0. The van der Waals surface area contributed by atoms with Crippen LogP contribution in [0.2, 0.25) is 0 Å². The molecule has 4 heteroatoms. The highest BCUT2D eigenvalue weighted by molar-refractivity contribution is 6.14. The van der Waals surface area contributed by atoms with E-state index in [0.29, 0.717) is 16.6 Å². The third-order valence-corrected chi connectivity index (χ3v) is 6.92. The van der Waals surface area contributed by atoms with Gasteiger partial charge >= 0.3 is 5.69 Å². The predicted octanol–water partition coefficient (Wildman–Crippen LogP) is 6.53. The van der Waals surface area contributed by atoms with E-state index in [9.17, 15) is 9.59 Å². The van der Waals surface area contributed by atoms with Crippen LogP contribution in [0.4, 0.5) is 0 Å². The second kappa shape index (κ2) is 7.79. The van der Waals surface area contributed by atoms with Crippen molar-refractivity contribution >= 4 is 27.2 Å². The molecule has 0 aliphatic carbocycles. The zero-order valence-corrected chi connectivity index (χ0v) is 19.3. The quantitative estimate of drug-likeness (QED) is 0.298. The summed E-state index contributed by atoms with van der Waals surface area (Å²) in [5, 5.41) is 2.38. The maximum Gasteiger partial charge on any atom is 0.340 e. The van der Waals surface area contributed by atoms with Gasteiger partial charge in [-0.15, -0.1) is 0 Å². The lowest BCUT2D eigenvalue weighted by atomic mass is 9.98. The molecular formula is C32H20N2O2. The smallest absolute Gasteiger partial charge is 0.268 e. The zero-order chi connectivity index (χ0) is 24.2. The van der Waals surface area contributed by atoms with Gasteiger partial charge in [-0.2, -0.15) is 0 Å². The summed E-state index contributed by atoms with van der Waals surface area (Å²) in [5.41, 5.74) is 5.83. The maximum atomic E-state index is 13.7. The summed E-state index contributed by atoms with van der Waals surface area (Å²) in [7, 11) is 0. The van der Waals surface area contributed by atoms with Gasteiger partial charge in [0.2, 0.25) is 0 Å². The Morgan fingerprint density at radius 3 is 1.86 bits per heavy atom. The summed E-state index contributed by atoms with van der Waals surface area (Å²) >= 11 is 0. The third-order valence-electron chi connectivity index (χ3n) is 6.92. The monoisotopic (exact) mass is 464 g/mol. The Morgan fingerprint density at radius 1 is 0.472 bits per heavy atom. The number of benzene rings is 5. The molecule has 0 unspecified atom stereocenters. The number of hydrogen-bond acceptors (Lipinski definition) is 2. The van der Waals surface area contributed by atoms with Gasteiger partial charge in [0.25, 0.3) is 5.56 Å². The molecule has 0 fully saturated rings. The molecule has 0 aliphatic rings. The summed E-state index contributed by atoms with van der Waals surface area (Å²) in [6.07, 6.45) is 0. The number of fused-ring (bicyclic) bond motifs is 3. The first-order valence-electron chi connectivity index (χ1n) is 11.9. The lowest BCUT2D eigenvalue weighted by Crippen LogP contribution is -2.35. The van der Waals surface area contributed by atoms with E-state index >= 15 is 0 Å². The minimum absolute atomic E-state index is 0.303. The molecule has 7 aromatic rings. The molecule has 0 radical (unpaired) electrons. The molecule has 0 amide bonds. The average Bonchev–Trinajstić information content (AvgIpc) is 3.28. The number of aromatic nitrogens is 2. The normalized spacial score (nSPS) is 11.6. The van der Waals surface area contributed by atoms with Crippen LogP contribution < -0.4 is 11.2 Å². The second-order valence-corrected chi connectivity index (χ2v) is 8.97. The highest BCUT2D eigenvalue weighted by atomic mass is 16.2. The highest BCUT2D eigenvalue weighted by Crippen LogP contribution is 2.34. The van der Waals surface area contributed by atoms with E-state index in [0.717, 1.165) is 38.5 Å². The van der Waals surface area contributed by atoms with Crippen LogP contribution in [0.25, 0.3) is 55.1 Å². The second-order valence-electron chi connectivity index (χ2n) is 8.97. The van der Waals surface area contributed by atoms with Crippen molar-refractivity contribution in [3.8, 4) is 27.9 Å². The molecule has 4 nitrogen and oxygen atoms in total. The van der Waals surface area contributed by atoms with Gasteiger partial charge in [0.15, 0.2) is 0 Å². The van der Waals surface area contributed by atoms with E-state index in [-0.39, 0.29) is 11.2 Å². The van der Waals surface area contributed by atoms with Crippen molar-refractivity contribution in [2.24, 2.45) is 0 Å². The van der Waals surface area contributed by atoms with Gasteiger partial charge in [-0.1, -0.05) is 84.9 Å². The summed E-state index contributed by atoms with van der Waals surface area (Å²) in [4.78, 5) is 27.2. The summed E-state index contributed by atoms with van der Waals surface area (Å²) in [5.74, 6) is 0. The Morgan fingerprint density at radius 2 is 1.08 bits per heavy atom. The fourth-order valence-electron chi connectivity index (χ4n) is 5.24. The van der Waals surface area contributed by atoms with E-state index in [2.05, 4.69) is 42.5 Å². The molecular weight excluding hydrogens is 444 g/mol. The molecule has 36 heavy (non-hydrogen) atoms. The Labute approximate surface area is 206 Å². The van der Waals surface area contributed by atoms with Crippen molar-refractivity contribution < 1.29 is 0 Å². The molecule has 0 saturated heterocycles. The van der Waals surface area contributed by atoms with Crippen LogP contribution in [0.3, 0.4) is 0 Å². The van der Waals surface area contributed by atoms with Crippen LogP contribution in [-0.2, 0) is 0 Å². The van der Waals surface area contributed by atoms with Crippen molar-refractivity contribution in [3.63, 3.8) is 0 Å². The Balaban J connectivity index is 1.51. The molecule has 170 valence electrons. The van der Waals surface area contributed by atoms with E-state index in [1.807, 2.05) is 60.7 Å². The van der Waals surface area contributed by atoms with Gasteiger partial charge in [0.1, 0.15) is 0 Å². The minimum Gasteiger partial charge on any atom is -0.268 e. The van der Waals surface area contributed by atoms with Crippen molar-refractivity contribution in [3.05, 3.63) is 142 Å². The largest absolute Gasteiger partial charge is 0.340 e. The summed E-state index contributed by atoms with van der Waals surface area (Å²) < 4.78 is 2.94. The number of nitrogens with zero attached hydrogens (tertiary/aromatic N) is 2. The van der Waals surface area contributed by atoms with Gasteiger partial charge < -0.3 is 0 Å². The van der Waals surface area contributed by atoms with Gasteiger partial charge in [0, 0.05) is 10.8 Å². The topological polar surface area (TPSA) is 43.5 Å². The fourth-order valence-corrected chi connectivity index (χ4v) is 5.24. The number of hydrogen-bond donors (Lipinski definition) is 0. The van der Waals surface area contributed by atoms with Crippen LogP contribution >= 0.6 is 0 Å². The van der Waals surface area contributed by atoms with E-state index in [1.165, 1.54) is 4.57 Å². The maximum absolute atomic E-state index is 13.7. The Bertz CT molecular complexity index is 2020. The van der Waals surface area contributed by atoms with Crippen LogP contribution in [0.1, 0.15) is 0 Å². The van der Waals surface area contributed by atoms with Gasteiger partial charge in [0.05, 0.1) is 22.1 Å². The van der Waals surface area contributed by atoms with Crippen molar-refractivity contribution in [2.75, 3.05) is 0 Å². The third kappa shape index (κ3) is 2.95. The molecule has 2 heterocycles. The van der Waals surface area contributed by atoms with E-state index in [4.69, 9.17) is 0 Å². The molecule has 0 bridgehead atoms. The van der Waals surface area contributed by atoms with Gasteiger partial charge in [-0.25, -0.2) is 9.36 Å². The molecule has 7 rings (SSSR count). The standard InChI is InChI=1S/C32H20N2O2/c35-31-27-16-8-15-26-28-20-24(23-12-7-11-22(19-23)21-9-3-1-4-10-21)17-18-29(28)34(30(26)27)32(36)33(31)25-13-5-2-6-14-25/h1-20H. The lowest BCUT2D eigenvalue weighted by Gasteiger charge is -2.08. The molecule has 0 spiro atoms. The van der Waals surface area contributed by atoms with Crippen LogP contribution in [0, 0.1) is 0 Å². The molecule has 0 saturated carbocycles. The highest BCUT2D eigenvalue weighted by Gasteiger charge is 2.19. The molecule has 2 aromatic heterocycles. The van der Waals surface area contributed by atoms with E-state index in [1.54, 1.807) is 22.6 Å². The van der Waals surface area contributed by atoms with Crippen molar-refractivity contribution in [2.45, 2.75) is 0 Å². The average molecular weight is 465 g/mol. The summed E-state index contributed by atoms with van der Waals surface area (Å²) in [6, 6.07) is 39.7. The first-order chi connectivity index (χ1) is 17.7. The first kappa shape index (κ1) is 20.4. The van der Waals surface area contributed by atoms with Crippen LogP contribution in [0.5, 0.6) is 0 Å². The number of para-hydroxylation sites is 2. The van der Waals surface area contributed by atoms with Crippen LogP contribution in [-0.4, -0.2) is 8.97 Å². The van der Waals surface area contributed by atoms with Crippen molar-refractivity contribution in [1.29, 1.82) is 0 Å². The molecule has 5 aromatic carbocycles. The van der Waals surface area contributed by atoms with Gasteiger partial charge in [-0.05, 0) is 58.7 Å².